The second-order valence-corrected chi connectivity index (χ2v) is 3.27. The van der Waals surface area contributed by atoms with Gasteiger partial charge in [0.2, 0.25) is 5.91 Å². The number of carbonyl (C=O) groups excluding carboxylic acids is 1. The zero-order valence-electron chi connectivity index (χ0n) is 8.13. The van der Waals surface area contributed by atoms with Gasteiger partial charge in [0.1, 0.15) is 0 Å². The first-order valence-electron chi connectivity index (χ1n) is 4.70. The quantitative estimate of drug-likeness (QED) is 0.639. The van der Waals surface area contributed by atoms with Crippen molar-refractivity contribution in [1.29, 1.82) is 0 Å². The van der Waals surface area contributed by atoms with Crippen molar-refractivity contribution in [2.24, 2.45) is 0 Å². The predicted octanol–water partition coefficient (Wildman–Crippen LogP) is 1.24. The largest absolute Gasteiger partial charge is 0.395 e. The van der Waals surface area contributed by atoms with Gasteiger partial charge in [-0.25, -0.2) is 0 Å². The van der Waals surface area contributed by atoms with E-state index in [0.717, 1.165) is 19.4 Å². The first kappa shape index (κ1) is 12.7. The van der Waals surface area contributed by atoms with Gasteiger partial charge in [-0.3, -0.25) is 4.79 Å². The van der Waals surface area contributed by atoms with E-state index in [2.05, 4.69) is 6.92 Å². The number of unbranched alkanes of at least 4 members (excludes halogenated alkanes) is 1. The Morgan fingerprint density at radius 1 is 1.46 bits per heavy atom. The fourth-order valence-electron chi connectivity index (χ4n) is 1.07. The molecule has 0 aliphatic heterocycles. The minimum Gasteiger partial charge on any atom is -0.395 e. The Morgan fingerprint density at radius 3 is 2.62 bits per heavy atom. The van der Waals surface area contributed by atoms with Crippen molar-refractivity contribution in [3.8, 4) is 0 Å². The van der Waals surface area contributed by atoms with Crippen LogP contribution in [0.4, 0.5) is 0 Å². The van der Waals surface area contributed by atoms with E-state index in [0.29, 0.717) is 18.8 Å². The van der Waals surface area contributed by atoms with E-state index in [4.69, 9.17) is 16.7 Å². The van der Waals surface area contributed by atoms with Crippen LogP contribution in [-0.4, -0.2) is 41.5 Å². The molecule has 3 nitrogen and oxygen atoms in total. The maximum Gasteiger partial charge on any atom is 0.223 e. The standard InChI is InChI=1S/C9H18ClNO2/c1-2-3-6-11(7-8-12)9(13)4-5-10/h12H,2-8H2,1H3. The number of hydrogen-bond acceptors (Lipinski definition) is 2. The third kappa shape index (κ3) is 5.88. The molecule has 0 radical (unpaired) electrons. The zero-order chi connectivity index (χ0) is 10.1. The highest BCUT2D eigenvalue weighted by Crippen LogP contribution is 1.99. The predicted molar refractivity (Wildman–Crippen MR) is 53.9 cm³/mol. The van der Waals surface area contributed by atoms with E-state index in [1.54, 1.807) is 4.90 Å². The number of hydrogen-bond donors (Lipinski definition) is 1. The van der Waals surface area contributed by atoms with Gasteiger partial charge in [0, 0.05) is 25.4 Å². The summed E-state index contributed by atoms with van der Waals surface area (Å²) < 4.78 is 0. The third-order valence-electron chi connectivity index (χ3n) is 1.81. The molecule has 0 aliphatic rings. The molecule has 0 unspecified atom stereocenters. The Bertz CT molecular complexity index is 142. The number of alkyl halides is 1. The molecule has 0 saturated carbocycles. The Balaban J connectivity index is 3.83. The molecular weight excluding hydrogens is 190 g/mol. The number of aliphatic hydroxyl groups is 1. The SMILES string of the molecule is CCCCN(CCO)C(=O)CCCl. The van der Waals surface area contributed by atoms with Crippen molar-refractivity contribution < 1.29 is 9.90 Å². The van der Waals surface area contributed by atoms with Gasteiger partial charge in [-0.1, -0.05) is 13.3 Å². The van der Waals surface area contributed by atoms with Crippen molar-refractivity contribution in [2.75, 3.05) is 25.6 Å². The summed E-state index contributed by atoms with van der Waals surface area (Å²) in [6.45, 7) is 3.25. The van der Waals surface area contributed by atoms with Crippen LogP contribution in [0.5, 0.6) is 0 Å². The summed E-state index contributed by atoms with van der Waals surface area (Å²) in [4.78, 5) is 13.0. The smallest absolute Gasteiger partial charge is 0.223 e. The van der Waals surface area contributed by atoms with Crippen LogP contribution < -0.4 is 0 Å². The van der Waals surface area contributed by atoms with E-state index >= 15 is 0 Å². The monoisotopic (exact) mass is 207 g/mol. The highest BCUT2D eigenvalue weighted by molar-refractivity contribution is 6.18. The molecule has 0 heterocycles. The minimum absolute atomic E-state index is 0.0255. The van der Waals surface area contributed by atoms with Crippen LogP contribution in [0.1, 0.15) is 26.2 Å². The van der Waals surface area contributed by atoms with Gasteiger partial charge in [0.15, 0.2) is 0 Å². The van der Waals surface area contributed by atoms with Crippen LogP contribution in [0.3, 0.4) is 0 Å². The highest BCUT2D eigenvalue weighted by Gasteiger charge is 2.10. The highest BCUT2D eigenvalue weighted by atomic mass is 35.5. The Morgan fingerprint density at radius 2 is 2.15 bits per heavy atom. The molecule has 0 rings (SSSR count). The van der Waals surface area contributed by atoms with Crippen molar-refractivity contribution in [1.82, 2.24) is 4.90 Å². The van der Waals surface area contributed by atoms with Gasteiger partial charge in [0.25, 0.3) is 0 Å². The van der Waals surface area contributed by atoms with Crippen LogP contribution in [0.15, 0.2) is 0 Å². The number of amides is 1. The topological polar surface area (TPSA) is 40.5 Å². The maximum atomic E-state index is 11.4. The van der Waals surface area contributed by atoms with Gasteiger partial charge < -0.3 is 10.0 Å². The molecule has 0 aromatic heterocycles. The molecule has 13 heavy (non-hydrogen) atoms. The second-order valence-electron chi connectivity index (χ2n) is 2.90. The average molecular weight is 208 g/mol. The lowest BCUT2D eigenvalue weighted by atomic mass is 10.3. The lowest BCUT2D eigenvalue weighted by Gasteiger charge is -2.20. The van der Waals surface area contributed by atoms with E-state index in [1.165, 1.54) is 0 Å². The van der Waals surface area contributed by atoms with E-state index in [9.17, 15) is 4.79 Å². The third-order valence-corrected chi connectivity index (χ3v) is 2.00. The zero-order valence-corrected chi connectivity index (χ0v) is 8.89. The number of nitrogens with zero attached hydrogens (tertiary/aromatic N) is 1. The van der Waals surface area contributed by atoms with Gasteiger partial charge in [-0.15, -0.1) is 11.6 Å². The van der Waals surface area contributed by atoms with Crippen LogP contribution in [0.2, 0.25) is 0 Å². The maximum absolute atomic E-state index is 11.4. The second kappa shape index (κ2) is 8.32. The molecule has 0 atom stereocenters. The molecule has 1 amide bonds. The fraction of sp³-hybridized carbons (Fsp3) is 0.889. The molecule has 0 spiro atoms. The summed E-state index contributed by atoms with van der Waals surface area (Å²) >= 11 is 5.46. The number of carbonyl (C=O) groups is 1. The molecule has 0 saturated heterocycles. The number of aliphatic hydroxyl groups excluding tert-OH is 1. The van der Waals surface area contributed by atoms with Gasteiger partial charge in [0.05, 0.1) is 6.61 Å². The molecule has 0 bridgehead atoms. The van der Waals surface area contributed by atoms with Crippen molar-refractivity contribution >= 4 is 17.5 Å². The van der Waals surface area contributed by atoms with E-state index in [-0.39, 0.29) is 12.5 Å². The van der Waals surface area contributed by atoms with Crippen molar-refractivity contribution in [2.45, 2.75) is 26.2 Å². The molecule has 0 aromatic carbocycles. The van der Waals surface area contributed by atoms with Gasteiger partial charge in [-0.2, -0.15) is 0 Å². The Hall–Kier alpha value is -0.280. The Kier molecular flexibility index (Phi) is 8.14. The van der Waals surface area contributed by atoms with E-state index in [1.807, 2.05) is 0 Å². The van der Waals surface area contributed by atoms with Crippen molar-refractivity contribution in [3.05, 3.63) is 0 Å². The summed E-state index contributed by atoms with van der Waals surface area (Å²) in [5, 5.41) is 8.73. The Labute approximate surface area is 84.7 Å². The molecule has 78 valence electrons. The first-order chi connectivity index (χ1) is 6.26. The normalized spacial score (nSPS) is 10.1. The van der Waals surface area contributed by atoms with Crippen molar-refractivity contribution in [3.63, 3.8) is 0 Å². The minimum atomic E-state index is 0.0255. The van der Waals surface area contributed by atoms with Crippen LogP contribution in [0, 0.1) is 0 Å². The molecule has 4 heteroatoms. The van der Waals surface area contributed by atoms with Gasteiger partial charge in [-0.05, 0) is 6.42 Å². The fourth-order valence-corrected chi connectivity index (χ4v) is 1.23. The molecule has 0 aromatic rings. The lowest BCUT2D eigenvalue weighted by Crippen LogP contribution is -2.34. The summed E-state index contributed by atoms with van der Waals surface area (Å²) in [7, 11) is 0. The average Bonchev–Trinajstić information content (AvgIpc) is 2.12. The lowest BCUT2D eigenvalue weighted by molar-refractivity contribution is -0.131. The van der Waals surface area contributed by atoms with Gasteiger partial charge >= 0.3 is 0 Å². The first-order valence-corrected chi connectivity index (χ1v) is 5.24. The molecule has 0 aliphatic carbocycles. The summed E-state index contributed by atoms with van der Waals surface area (Å²) in [5.41, 5.74) is 0. The number of halogens is 1. The summed E-state index contributed by atoms with van der Waals surface area (Å²) in [5.74, 6) is 0.393. The summed E-state index contributed by atoms with van der Waals surface area (Å²) in [6, 6.07) is 0. The van der Waals surface area contributed by atoms with Crippen LogP contribution in [-0.2, 0) is 4.79 Å². The molecule has 0 fully saturated rings. The van der Waals surface area contributed by atoms with Crippen LogP contribution in [0.25, 0.3) is 0 Å². The van der Waals surface area contributed by atoms with E-state index < -0.39 is 0 Å². The molecule has 1 N–H and O–H groups in total. The molecular formula is C9H18ClNO2. The van der Waals surface area contributed by atoms with Crippen LogP contribution >= 0.6 is 11.6 Å². The summed E-state index contributed by atoms with van der Waals surface area (Å²) in [6.07, 6.45) is 2.40. The number of rotatable bonds is 7.